The summed E-state index contributed by atoms with van der Waals surface area (Å²) in [6.45, 7) is 1.42. The number of rotatable bonds is 3. The fourth-order valence-electron chi connectivity index (χ4n) is 1.97. The molecule has 1 amide bonds. The van der Waals surface area contributed by atoms with Gasteiger partial charge in [-0.2, -0.15) is 0 Å². The third kappa shape index (κ3) is 2.85. The molecule has 4 nitrogen and oxygen atoms in total. The van der Waals surface area contributed by atoms with Crippen LogP contribution < -0.4 is 0 Å². The van der Waals surface area contributed by atoms with E-state index in [-0.39, 0.29) is 18.6 Å². The monoisotopic (exact) mass is 267 g/mol. The van der Waals surface area contributed by atoms with E-state index in [4.69, 9.17) is 4.74 Å². The molecule has 1 saturated heterocycles. The van der Waals surface area contributed by atoms with Crippen molar-refractivity contribution in [2.45, 2.75) is 10.9 Å². The maximum Gasteiger partial charge on any atom is 0.254 e. The molecule has 1 N–H and O–H groups in total. The lowest BCUT2D eigenvalue weighted by Crippen LogP contribution is -2.50. The van der Waals surface area contributed by atoms with Gasteiger partial charge in [0.05, 0.1) is 25.9 Å². The van der Waals surface area contributed by atoms with Gasteiger partial charge in [0.1, 0.15) is 0 Å². The molecule has 1 atom stereocenters. The van der Waals surface area contributed by atoms with Gasteiger partial charge in [-0.25, -0.2) is 0 Å². The molecule has 5 heteroatoms. The molecule has 0 saturated carbocycles. The summed E-state index contributed by atoms with van der Waals surface area (Å²) in [7, 11) is 0. The van der Waals surface area contributed by atoms with Crippen molar-refractivity contribution in [1.82, 2.24) is 4.90 Å². The van der Waals surface area contributed by atoms with Gasteiger partial charge < -0.3 is 14.7 Å². The fourth-order valence-corrected chi connectivity index (χ4v) is 2.38. The lowest BCUT2D eigenvalue weighted by molar-refractivity contribution is -0.0183. The third-order valence-electron chi connectivity index (χ3n) is 3.04. The zero-order valence-corrected chi connectivity index (χ0v) is 11.2. The molecule has 0 radical (unpaired) electrons. The van der Waals surface area contributed by atoms with Gasteiger partial charge in [0.15, 0.2) is 0 Å². The highest BCUT2D eigenvalue weighted by molar-refractivity contribution is 7.98. The topological polar surface area (TPSA) is 49.8 Å². The number of ether oxygens (including phenoxy) is 1. The van der Waals surface area contributed by atoms with Gasteiger partial charge in [-0.3, -0.25) is 4.79 Å². The molecule has 1 unspecified atom stereocenters. The highest BCUT2D eigenvalue weighted by Crippen LogP contribution is 2.17. The Morgan fingerprint density at radius 1 is 1.50 bits per heavy atom. The predicted molar refractivity (Wildman–Crippen MR) is 71.0 cm³/mol. The van der Waals surface area contributed by atoms with Crippen LogP contribution in [-0.2, 0) is 4.74 Å². The van der Waals surface area contributed by atoms with Crippen molar-refractivity contribution in [3.63, 3.8) is 0 Å². The second-order valence-electron chi connectivity index (χ2n) is 4.14. The molecule has 1 fully saturated rings. The molecule has 18 heavy (non-hydrogen) atoms. The van der Waals surface area contributed by atoms with E-state index in [9.17, 15) is 9.90 Å². The van der Waals surface area contributed by atoms with Crippen LogP contribution in [0.3, 0.4) is 0 Å². The molecule has 1 aromatic carbocycles. The first-order valence-electron chi connectivity index (χ1n) is 5.90. The molecule has 1 aliphatic heterocycles. The minimum atomic E-state index is -0.230. The summed E-state index contributed by atoms with van der Waals surface area (Å²) in [5.41, 5.74) is 0.660. The van der Waals surface area contributed by atoms with Gasteiger partial charge in [-0.1, -0.05) is 0 Å². The van der Waals surface area contributed by atoms with Crippen LogP contribution in [0.25, 0.3) is 0 Å². The lowest BCUT2D eigenvalue weighted by atomic mass is 10.1. The molecule has 0 aliphatic carbocycles. The molecule has 0 spiro atoms. The molecule has 1 aliphatic rings. The highest BCUT2D eigenvalue weighted by atomic mass is 32.2. The minimum Gasteiger partial charge on any atom is -0.394 e. The average Bonchev–Trinajstić information content (AvgIpc) is 2.46. The first-order chi connectivity index (χ1) is 8.76. The predicted octanol–water partition coefficient (Wildman–Crippen LogP) is 1.24. The number of hydrogen-bond donors (Lipinski definition) is 1. The van der Waals surface area contributed by atoms with Crippen LogP contribution in [0.2, 0.25) is 0 Å². The molecular formula is C13H17NO3S. The molecule has 0 bridgehead atoms. The quantitative estimate of drug-likeness (QED) is 0.837. The van der Waals surface area contributed by atoms with Crippen LogP contribution in [0.15, 0.2) is 29.2 Å². The van der Waals surface area contributed by atoms with Crippen LogP contribution >= 0.6 is 11.8 Å². The fraction of sp³-hybridized carbons (Fsp3) is 0.462. The number of morpholine rings is 1. The van der Waals surface area contributed by atoms with Gasteiger partial charge in [0.25, 0.3) is 5.91 Å². The van der Waals surface area contributed by atoms with Crippen molar-refractivity contribution in [3.05, 3.63) is 29.8 Å². The Bertz CT molecular complexity index is 407. The summed E-state index contributed by atoms with van der Waals surface area (Å²) in [4.78, 5) is 15.1. The third-order valence-corrected chi connectivity index (χ3v) is 3.78. The zero-order chi connectivity index (χ0) is 13.0. The van der Waals surface area contributed by atoms with Gasteiger partial charge in [-0.15, -0.1) is 11.8 Å². The van der Waals surface area contributed by atoms with Crippen LogP contribution in [0.4, 0.5) is 0 Å². The average molecular weight is 267 g/mol. The van der Waals surface area contributed by atoms with Crippen LogP contribution in [0, 0.1) is 0 Å². The van der Waals surface area contributed by atoms with Crippen LogP contribution in [0.5, 0.6) is 0 Å². The molecule has 0 aromatic heterocycles. The lowest BCUT2D eigenvalue weighted by Gasteiger charge is -2.34. The Morgan fingerprint density at radius 3 is 2.83 bits per heavy atom. The van der Waals surface area contributed by atoms with E-state index in [2.05, 4.69) is 0 Å². The van der Waals surface area contributed by atoms with Gasteiger partial charge in [0, 0.05) is 17.0 Å². The summed E-state index contributed by atoms with van der Waals surface area (Å²) < 4.78 is 5.27. The Morgan fingerprint density at radius 2 is 2.22 bits per heavy atom. The van der Waals surface area contributed by atoms with E-state index in [0.717, 1.165) is 4.90 Å². The molecule has 2 rings (SSSR count). The van der Waals surface area contributed by atoms with Crippen molar-refractivity contribution >= 4 is 17.7 Å². The highest BCUT2D eigenvalue weighted by Gasteiger charge is 2.27. The summed E-state index contributed by atoms with van der Waals surface area (Å²) in [6, 6.07) is 7.31. The van der Waals surface area contributed by atoms with Gasteiger partial charge >= 0.3 is 0 Å². The number of hydrogen-bond acceptors (Lipinski definition) is 4. The maximum atomic E-state index is 12.3. The summed E-state index contributed by atoms with van der Waals surface area (Å²) in [5, 5.41) is 9.26. The number of benzene rings is 1. The number of amides is 1. The van der Waals surface area contributed by atoms with E-state index in [0.29, 0.717) is 25.3 Å². The second-order valence-corrected chi connectivity index (χ2v) is 5.02. The number of aliphatic hydroxyl groups is 1. The van der Waals surface area contributed by atoms with E-state index >= 15 is 0 Å². The SMILES string of the molecule is CSc1ccc(C(=O)N2CCOCC2CO)cc1. The normalized spacial score (nSPS) is 19.9. The number of carbonyl (C=O) groups is 1. The summed E-state index contributed by atoms with van der Waals surface area (Å²) in [6.07, 6.45) is 2.00. The summed E-state index contributed by atoms with van der Waals surface area (Å²) >= 11 is 1.64. The van der Waals surface area contributed by atoms with E-state index in [1.165, 1.54) is 0 Å². The minimum absolute atomic E-state index is 0.0370. The Hall–Kier alpha value is -1.04. The first-order valence-corrected chi connectivity index (χ1v) is 7.12. The number of carbonyl (C=O) groups excluding carboxylic acids is 1. The summed E-state index contributed by atoms with van der Waals surface area (Å²) in [5.74, 6) is -0.0370. The second kappa shape index (κ2) is 6.22. The van der Waals surface area contributed by atoms with Crippen LogP contribution in [0.1, 0.15) is 10.4 Å². The van der Waals surface area contributed by atoms with Crippen molar-refractivity contribution in [3.8, 4) is 0 Å². The van der Waals surface area contributed by atoms with Crippen molar-refractivity contribution < 1.29 is 14.6 Å². The Labute approximate surface area is 111 Å². The standard InChI is InChI=1S/C13H17NO3S/c1-18-12-4-2-10(3-5-12)13(16)14-6-7-17-9-11(14)8-15/h2-5,11,15H,6-9H2,1H3. The van der Waals surface area contributed by atoms with Crippen molar-refractivity contribution in [2.24, 2.45) is 0 Å². The smallest absolute Gasteiger partial charge is 0.254 e. The number of nitrogens with zero attached hydrogens (tertiary/aromatic N) is 1. The maximum absolute atomic E-state index is 12.3. The molecule has 1 aromatic rings. The van der Waals surface area contributed by atoms with Gasteiger partial charge in [0.2, 0.25) is 0 Å². The van der Waals surface area contributed by atoms with Crippen molar-refractivity contribution in [2.75, 3.05) is 32.6 Å². The Kier molecular flexibility index (Phi) is 4.63. The van der Waals surface area contributed by atoms with Crippen molar-refractivity contribution in [1.29, 1.82) is 0 Å². The zero-order valence-electron chi connectivity index (χ0n) is 10.3. The largest absolute Gasteiger partial charge is 0.394 e. The van der Waals surface area contributed by atoms with E-state index in [1.54, 1.807) is 16.7 Å². The number of aliphatic hydroxyl groups excluding tert-OH is 1. The van der Waals surface area contributed by atoms with E-state index in [1.807, 2.05) is 30.5 Å². The van der Waals surface area contributed by atoms with E-state index < -0.39 is 0 Å². The van der Waals surface area contributed by atoms with Gasteiger partial charge in [-0.05, 0) is 30.5 Å². The molecule has 1 heterocycles. The van der Waals surface area contributed by atoms with Crippen LogP contribution in [-0.4, -0.2) is 54.6 Å². The molecular weight excluding hydrogens is 250 g/mol. The number of thioether (sulfide) groups is 1. The first kappa shape index (κ1) is 13.4. The molecule has 98 valence electrons. The Balaban J connectivity index is 2.13.